The largest absolute Gasteiger partial charge is 0.478 e. The van der Waals surface area contributed by atoms with E-state index < -0.39 is 5.97 Å². The highest BCUT2D eigenvalue weighted by atomic mass is 16.4. The molecule has 4 N–H and O–H groups in total. The number of aromatic nitrogens is 1. The summed E-state index contributed by atoms with van der Waals surface area (Å²) in [4.78, 5) is 13.8. The number of carbonyl (C=O) groups is 1. The minimum absolute atomic E-state index is 0.295. The number of hydrogen-bond donors (Lipinski definition) is 3. The average molecular weight is 204 g/mol. The zero-order chi connectivity index (χ0) is 10.8. The zero-order valence-electron chi connectivity index (χ0n) is 8.16. The van der Waals surface area contributed by atoms with Crippen LogP contribution in [0.3, 0.4) is 0 Å². The number of fused-ring (bicyclic) bond motifs is 1. The highest BCUT2D eigenvalue weighted by Gasteiger charge is 2.07. The van der Waals surface area contributed by atoms with E-state index in [-0.39, 0.29) is 0 Å². The van der Waals surface area contributed by atoms with Crippen LogP contribution >= 0.6 is 0 Å². The third-order valence-electron chi connectivity index (χ3n) is 2.43. The zero-order valence-corrected chi connectivity index (χ0v) is 8.16. The lowest BCUT2D eigenvalue weighted by atomic mass is 10.1. The molecule has 0 aliphatic carbocycles. The monoisotopic (exact) mass is 204 g/mol. The fourth-order valence-electron chi connectivity index (χ4n) is 1.68. The van der Waals surface area contributed by atoms with E-state index >= 15 is 0 Å². The van der Waals surface area contributed by atoms with Gasteiger partial charge < -0.3 is 15.8 Å². The maximum Gasteiger partial charge on any atom is 0.335 e. The van der Waals surface area contributed by atoms with E-state index in [4.69, 9.17) is 10.8 Å². The highest BCUT2D eigenvalue weighted by Crippen LogP contribution is 2.19. The molecule has 1 heterocycles. The SMILES string of the molecule is NCCc1c[nH]c2cc(C(=O)O)ccc12. The van der Waals surface area contributed by atoms with Crippen LogP contribution in [0.1, 0.15) is 15.9 Å². The van der Waals surface area contributed by atoms with E-state index in [0.29, 0.717) is 12.1 Å². The number of aromatic carboxylic acids is 1. The second-order valence-corrected chi connectivity index (χ2v) is 3.42. The number of benzene rings is 1. The van der Waals surface area contributed by atoms with Crippen LogP contribution in [-0.2, 0) is 6.42 Å². The van der Waals surface area contributed by atoms with Gasteiger partial charge in [-0.25, -0.2) is 4.79 Å². The lowest BCUT2D eigenvalue weighted by molar-refractivity contribution is 0.0697. The predicted octanol–water partition coefficient (Wildman–Crippen LogP) is 1.37. The Morgan fingerprint density at radius 2 is 2.27 bits per heavy atom. The maximum absolute atomic E-state index is 10.7. The third kappa shape index (κ3) is 1.71. The molecule has 0 radical (unpaired) electrons. The highest BCUT2D eigenvalue weighted by molar-refractivity contribution is 5.94. The first-order chi connectivity index (χ1) is 7.22. The van der Waals surface area contributed by atoms with Gasteiger partial charge in [-0.05, 0) is 30.7 Å². The summed E-state index contributed by atoms with van der Waals surface area (Å²) in [6, 6.07) is 5.07. The van der Waals surface area contributed by atoms with Gasteiger partial charge in [0.1, 0.15) is 0 Å². The van der Waals surface area contributed by atoms with Crippen LogP contribution in [0.15, 0.2) is 24.4 Å². The fraction of sp³-hybridized carbons (Fsp3) is 0.182. The molecule has 2 rings (SSSR count). The molecule has 2 aromatic rings. The number of rotatable bonds is 3. The molecule has 0 atom stereocenters. The second kappa shape index (κ2) is 3.74. The van der Waals surface area contributed by atoms with E-state index in [1.165, 1.54) is 0 Å². The molecule has 0 aliphatic rings. The van der Waals surface area contributed by atoms with Crippen molar-refractivity contribution in [2.24, 2.45) is 5.73 Å². The normalized spacial score (nSPS) is 10.7. The Bertz CT molecular complexity index is 502. The summed E-state index contributed by atoms with van der Waals surface area (Å²) in [5, 5.41) is 9.87. The molecule has 0 spiro atoms. The van der Waals surface area contributed by atoms with Gasteiger partial charge in [-0.2, -0.15) is 0 Å². The minimum Gasteiger partial charge on any atom is -0.478 e. The molecule has 0 unspecified atom stereocenters. The summed E-state index contributed by atoms with van der Waals surface area (Å²) < 4.78 is 0. The van der Waals surface area contributed by atoms with E-state index in [9.17, 15) is 4.79 Å². The lowest BCUT2D eigenvalue weighted by Gasteiger charge is -1.97. The number of nitrogens with two attached hydrogens (primary N) is 1. The van der Waals surface area contributed by atoms with Crippen molar-refractivity contribution < 1.29 is 9.90 Å². The number of carboxylic acid groups (broad SMARTS) is 1. The van der Waals surface area contributed by atoms with Crippen LogP contribution in [0.4, 0.5) is 0 Å². The number of carboxylic acids is 1. The van der Waals surface area contributed by atoms with E-state index in [2.05, 4.69) is 4.98 Å². The van der Waals surface area contributed by atoms with Gasteiger partial charge in [-0.1, -0.05) is 6.07 Å². The molecule has 0 amide bonds. The Morgan fingerprint density at radius 1 is 1.47 bits per heavy atom. The van der Waals surface area contributed by atoms with Crippen molar-refractivity contribution >= 4 is 16.9 Å². The Kier molecular flexibility index (Phi) is 2.43. The van der Waals surface area contributed by atoms with Gasteiger partial charge in [0.15, 0.2) is 0 Å². The molecular formula is C11H12N2O2. The van der Waals surface area contributed by atoms with E-state index in [1.54, 1.807) is 12.1 Å². The molecule has 78 valence electrons. The molecule has 15 heavy (non-hydrogen) atoms. The molecular weight excluding hydrogens is 192 g/mol. The van der Waals surface area contributed by atoms with Crippen molar-refractivity contribution in [1.82, 2.24) is 4.98 Å². The molecule has 0 bridgehead atoms. The topological polar surface area (TPSA) is 79.1 Å². The lowest BCUT2D eigenvalue weighted by Crippen LogP contribution is -2.01. The summed E-state index contributed by atoms with van der Waals surface area (Å²) >= 11 is 0. The fourth-order valence-corrected chi connectivity index (χ4v) is 1.68. The van der Waals surface area contributed by atoms with Crippen LogP contribution in [0, 0.1) is 0 Å². The standard InChI is InChI=1S/C11H12N2O2/c12-4-3-8-6-13-10-5-7(11(14)15)1-2-9(8)10/h1-2,5-6,13H,3-4,12H2,(H,14,15). The van der Waals surface area contributed by atoms with Crippen molar-refractivity contribution in [1.29, 1.82) is 0 Å². The summed E-state index contributed by atoms with van der Waals surface area (Å²) in [7, 11) is 0. The smallest absolute Gasteiger partial charge is 0.335 e. The quantitative estimate of drug-likeness (QED) is 0.706. The number of aromatic amines is 1. The van der Waals surface area contributed by atoms with Crippen LogP contribution in [0.25, 0.3) is 10.9 Å². The molecule has 0 saturated heterocycles. The van der Waals surface area contributed by atoms with Gasteiger partial charge in [-0.15, -0.1) is 0 Å². The summed E-state index contributed by atoms with van der Waals surface area (Å²) in [6.45, 7) is 0.591. The van der Waals surface area contributed by atoms with E-state index in [1.807, 2.05) is 12.3 Å². The molecule has 4 heteroatoms. The van der Waals surface area contributed by atoms with Gasteiger partial charge in [0.05, 0.1) is 5.56 Å². The van der Waals surface area contributed by atoms with E-state index in [0.717, 1.165) is 22.9 Å². The Hall–Kier alpha value is -1.81. The van der Waals surface area contributed by atoms with Gasteiger partial charge in [-0.3, -0.25) is 0 Å². The van der Waals surface area contributed by atoms with Crippen LogP contribution in [0.5, 0.6) is 0 Å². The molecule has 1 aromatic carbocycles. The van der Waals surface area contributed by atoms with Crippen molar-refractivity contribution in [3.8, 4) is 0 Å². The predicted molar refractivity (Wildman–Crippen MR) is 58.0 cm³/mol. The Morgan fingerprint density at radius 3 is 2.93 bits per heavy atom. The van der Waals surface area contributed by atoms with Crippen molar-refractivity contribution in [3.63, 3.8) is 0 Å². The Labute approximate surface area is 86.7 Å². The van der Waals surface area contributed by atoms with Crippen molar-refractivity contribution in [2.45, 2.75) is 6.42 Å². The van der Waals surface area contributed by atoms with Crippen molar-refractivity contribution in [2.75, 3.05) is 6.54 Å². The summed E-state index contributed by atoms with van der Waals surface area (Å²) in [6.07, 6.45) is 2.68. The average Bonchev–Trinajstić information content (AvgIpc) is 2.61. The summed E-state index contributed by atoms with van der Waals surface area (Å²) in [5.41, 5.74) is 7.75. The second-order valence-electron chi connectivity index (χ2n) is 3.42. The first-order valence-corrected chi connectivity index (χ1v) is 4.75. The van der Waals surface area contributed by atoms with Gasteiger partial charge in [0.2, 0.25) is 0 Å². The first-order valence-electron chi connectivity index (χ1n) is 4.75. The molecule has 0 aliphatic heterocycles. The maximum atomic E-state index is 10.7. The molecule has 4 nitrogen and oxygen atoms in total. The summed E-state index contributed by atoms with van der Waals surface area (Å²) in [5.74, 6) is -0.910. The van der Waals surface area contributed by atoms with Crippen molar-refractivity contribution in [3.05, 3.63) is 35.5 Å². The number of H-pyrrole nitrogens is 1. The van der Waals surface area contributed by atoms with Crippen LogP contribution in [0.2, 0.25) is 0 Å². The van der Waals surface area contributed by atoms with Gasteiger partial charge >= 0.3 is 5.97 Å². The molecule has 0 fully saturated rings. The third-order valence-corrected chi connectivity index (χ3v) is 2.43. The first kappa shape index (κ1) is 9.73. The van der Waals surface area contributed by atoms with Gasteiger partial charge in [0, 0.05) is 17.1 Å². The number of nitrogens with one attached hydrogen (secondary N) is 1. The number of hydrogen-bond acceptors (Lipinski definition) is 2. The Balaban J connectivity index is 2.51. The molecule has 1 aromatic heterocycles. The van der Waals surface area contributed by atoms with Crippen LogP contribution < -0.4 is 5.73 Å². The molecule has 0 saturated carbocycles. The van der Waals surface area contributed by atoms with Crippen LogP contribution in [-0.4, -0.2) is 22.6 Å². The van der Waals surface area contributed by atoms with Gasteiger partial charge in [0.25, 0.3) is 0 Å². The minimum atomic E-state index is -0.910.